The van der Waals surface area contributed by atoms with Crippen LogP contribution in [0.25, 0.3) is 0 Å². The number of nitrogens with one attached hydrogen (secondary N) is 1. The number of aromatic nitrogens is 4. The second-order valence-electron chi connectivity index (χ2n) is 6.06. The summed E-state index contributed by atoms with van der Waals surface area (Å²) in [5.74, 6) is 0.703. The van der Waals surface area contributed by atoms with Crippen molar-refractivity contribution >= 4 is 33.3 Å². The van der Waals surface area contributed by atoms with Gasteiger partial charge in [0.25, 0.3) is 0 Å². The Labute approximate surface area is 159 Å². The Morgan fingerprint density at radius 2 is 1.54 bits per heavy atom. The van der Waals surface area contributed by atoms with E-state index in [1.165, 1.54) is 5.56 Å². The maximum absolute atomic E-state index is 12.8. The number of urea groups is 1. The van der Waals surface area contributed by atoms with Gasteiger partial charge in [-0.25, -0.2) is 4.79 Å². The van der Waals surface area contributed by atoms with E-state index >= 15 is 0 Å². The second kappa shape index (κ2) is 7.25. The van der Waals surface area contributed by atoms with E-state index in [1.54, 1.807) is 4.90 Å². The van der Waals surface area contributed by atoms with Crippen molar-refractivity contribution in [3.63, 3.8) is 0 Å². The van der Waals surface area contributed by atoms with Gasteiger partial charge in [0.05, 0.1) is 0 Å². The SMILES string of the molecule is O=C1N(c2ccc(Br)cc2)CCN1c1ccc(CCc2nn[nH]n2)cc1. The van der Waals surface area contributed by atoms with Gasteiger partial charge in [0.1, 0.15) is 0 Å². The fourth-order valence-corrected chi connectivity index (χ4v) is 3.29. The molecular formula is C18H17BrN6O. The maximum Gasteiger partial charge on any atom is 0.329 e. The molecule has 0 aliphatic carbocycles. The van der Waals surface area contributed by atoms with E-state index in [9.17, 15) is 4.79 Å². The molecule has 2 heterocycles. The number of benzene rings is 2. The number of anilines is 2. The zero-order valence-corrected chi connectivity index (χ0v) is 15.6. The molecule has 0 unspecified atom stereocenters. The van der Waals surface area contributed by atoms with Crippen molar-refractivity contribution in [3.8, 4) is 0 Å². The van der Waals surface area contributed by atoms with Crippen LogP contribution in [0, 0.1) is 0 Å². The van der Waals surface area contributed by atoms with Crippen molar-refractivity contribution in [2.75, 3.05) is 22.9 Å². The molecule has 2 amide bonds. The van der Waals surface area contributed by atoms with Gasteiger partial charge in [-0.15, -0.1) is 10.2 Å². The fourth-order valence-electron chi connectivity index (χ4n) is 3.02. The van der Waals surface area contributed by atoms with Crippen molar-refractivity contribution in [1.29, 1.82) is 0 Å². The highest BCUT2D eigenvalue weighted by atomic mass is 79.9. The average molecular weight is 413 g/mol. The Bertz CT molecular complexity index is 879. The third kappa shape index (κ3) is 3.45. The molecule has 8 heteroatoms. The molecule has 26 heavy (non-hydrogen) atoms. The minimum absolute atomic E-state index is 0.00636. The number of rotatable bonds is 5. The fraction of sp³-hybridized carbons (Fsp3) is 0.222. The first kappa shape index (κ1) is 16.7. The number of H-pyrrole nitrogens is 1. The van der Waals surface area contributed by atoms with E-state index in [4.69, 9.17) is 0 Å². The third-order valence-corrected chi connectivity index (χ3v) is 4.95. The zero-order chi connectivity index (χ0) is 17.9. The highest BCUT2D eigenvalue weighted by Crippen LogP contribution is 2.26. The molecular weight excluding hydrogens is 396 g/mol. The number of halogens is 1. The van der Waals surface area contributed by atoms with Crippen LogP contribution in [0.2, 0.25) is 0 Å². The summed E-state index contributed by atoms with van der Waals surface area (Å²) in [6.07, 6.45) is 1.56. The van der Waals surface area contributed by atoms with E-state index in [0.29, 0.717) is 18.9 Å². The number of hydrogen-bond donors (Lipinski definition) is 1. The summed E-state index contributed by atoms with van der Waals surface area (Å²) in [5.41, 5.74) is 3.00. The lowest BCUT2D eigenvalue weighted by Crippen LogP contribution is -2.31. The monoisotopic (exact) mass is 412 g/mol. The predicted molar refractivity (Wildman–Crippen MR) is 102 cm³/mol. The molecule has 1 aliphatic heterocycles. The van der Waals surface area contributed by atoms with Crippen LogP contribution < -0.4 is 9.80 Å². The number of carbonyl (C=O) groups excluding carboxylic acids is 1. The van der Waals surface area contributed by atoms with Crippen LogP contribution in [0.1, 0.15) is 11.4 Å². The van der Waals surface area contributed by atoms with Crippen LogP contribution in [0.4, 0.5) is 16.2 Å². The van der Waals surface area contributed by atoms with Crippen molar-refractivity contribution in [3.05, 3.63) is 64.4 Å². The molecule has 2 aromatic carbocycles. The van der Waals surface area contributed by atoms with Gasteiger partial charge < -0.3 is 0 Å². The van der Waals surface area contributed by atoms with Crippen LogP contribution in [-0.2, 0) is 12.8 Å². The van der Waals surface area contributed by atoms with Crippen molar-refractivity contribution < 1.29 is 4.79 Å². The van der Waals surface area contributed by atoms with Crippen LogP contribution in [-0.4, -0.2) is 39.7 Å². The number of amides is 2. The molecule has 1 fully saturated rings. The molecule has 0 atom stereocenters. The lowest BCUT2D eigenvalue weighted by atomic mass is 10.1. The molecule has 4 rings (SSSR count). The summed E-state index contributed by atoms with van der Waals surface area (Å²) in [6, 6.07) is 15.9. The van der Waals surface area contributed by atoms with Gasteiger partial charge in [-0.3, -0.25) is 9.80 Å². The van der Waals surface area contributed by atoms with E-state index in [2.05, 4.69) is 36.6 Å². The van der Waals surface area contributed by atoms with E-state index in [1.807, 2.05) is 53.4 Å². The summed E-state index contributed by atoms with van der Waals surface area (Å²) in [6.45, 7) is 1.36. The quantitative estimate of drug-likeness (QED) is 0.697. The summed E-state index contributed by atoms with van der Waals surface area (Å²) in [5, 5.41) is 13.9. The Balaban J connectivity index is 1.42. The van der Waals surface area contributed by atoms with Crippen molar-refractivity contribution in [1.82, 2.24) is 20.6 Å². The lowest BCUT2D eigenvalue weighted by Gasteiger charge is -2.19. The number of aromatic amines is 1. The minimum Gasteiger partial charge on any atom is -0.292 e. The van der Waals surface area contributed by atoms with Crippen molar-refractivity contribution in [2.24, 2.45) is 0 Å². The number of carbonyl (C=O) groups is 1. The third-order valence-electron chi connectivity index (χ3n) is 4.42. The van der Waals surface area contributed by atoms with Crippen molar-refractivity contribution in [2.45, 2.75) is 12.8 Å². The lowest BCUT2D eigenvalue weighted by molar-refractivity contribution is 0.256. The number of nitrogens with zero attached hydrogens (tertiary/aromatic N) is 5. The summed E-state index contributed by atoms with van der Waals surface area (Å²) < 4.78 is 1.00. The summed E-state index contributed by atoms with van der Waals surface area (Å²) in [4.78, 5) is 16.4. The average Bonchev–Trinajstić information content (AvgIpc) is 3.31. The molecule has 3 aromatic rings. The molecule has 0 bridgehead atoms. The van der Waals surface area contributed by atoms with Crippen LogP contribution >= 0.6 is 15.9 Å². The predicted octanol–water partition coefficient (Wildman–Crippen LogP) is 3.19. The Morgan fingerprint density at radius 3 is 2.12 bits per heavy atom. The first-order valence-corrected chi connectivity index (χ1v) is 9.16. The molecule has 1 N–H and O–H groups in total. The normalized spacial score (nSPS) is 14.3. The highest BCUT2D eigenvalue weighted by Gasteiger charge is 2.30. The van der Waals surface area contributed by atoms with E-state index < -0.39 is 0 Å². The standard InChI is InChI=1S/C18H17BrN6O/c19-14-4-8-16(9-5-14)25-12-11-24(18(25)26)15-6-1-13(2-7-15)3-10-17-20-22-23-21-17/h1-2,4-9H,3,10-12H2,(H,20,21,22,23). The highest BCUT2D eigenvalue weighted by molar-refractivity contribution is 9.10. The topological polar surface area (TPSA) is 78.0 Å². The van der Waals surface area contributed by atoms with Gasteiger partial charge in [0, 0.05) is 35.4 Å². The smallest absolute Gasteiger partial charge is 0.292 e. The van der Waals surface area contributed by atoms with Crippen LogP contribution in [0.3, 0.4) is 0 Å². The molecule has 0 radical (unpaired) electrons. The number of tetrazole rings is 1. The molecule has 1 aromatic heterocycles. The molecule has 132 valence electrons. The van der Waals surface area contributed by atoms with Gasteiger partial charge in [-0.2, -0.15) is 5.21 Å². The van der Waals surface area contributed by atoms with Crippen LogP contribution in [0.5, 0.6) is 0 Å². The Kier molecular flexibility index (Phi) is 4.66. The first-order valence-electron chi connectivity index (χ1n) is 8.36. The largest absolute Gasteiger partial charge is 0.329 e. The van der Waals surface area contributed by atoms with E-state index in [0.717, 1.165) is 28.7 Å². The molecule has 1 aliphatic rings. The molecule has 0 spiro atoms. The van der Waals surface area contributed by atoms with E-state index in [-0.39, 0.29) is 6.03 Å². The first-order chi connectivity index (χ1) is 12.7. The number of hydrogen-bond acceptors (Lipinski definition) is 4. The van der Waals surface area contributed by atoms with Gasteiger partial charge >= 0.3 is 6.03 Å². The zero-order valence-electron chi connectivity index (χ0n) is 14.0. The molecule has 0 saturated carbocycles. The molecule has 7 nitrogen and oxygen atoms in total. The van der Waals surface area contributed by atoms with Crippen LogP contribution in [0.15, 0.2) is 53.0 Å². The second-order valence-corrected chi connectivity index (χ2v) is 6.97. The van der Waals surface area contributed by atoms with Gasteiger partial charge in [-0.05, 0) is 48.4 Å². The molecule has 1 saturated heterocycles. The Morgan fingerprint density at radius 1 is 0.923 bits per heavy atom. The summed E-state index contributed by atoms with van der Waals surface area (Å²) in [7, 11) is 0. The van der Waals surface area contributed by atoms with Gasteiger partial charge in [0.15, 0.2) is 5.82 Å². The van der Waals surface area contributed by atoms with Gasteiger partial charge in [0.2, 0.25) is 0 Å². The maximum atomic E-state index is 12.8. The van der Waals surface area contributed by atoms with Gasteiger partial charge in [-0.1, -0.05) is 33.3 Å². The minimum atomic E-state index is 0.00636. The number of aryl methyl sites for hydroxylation is 2. The summed E-state index contributed by atoms with van der Waals surface area (Å²) >= 11 is 3.42. The Hall–Kier alpha value is -2.74.